The molecule has 1 amide bonds. The predicted molar refractivity (Wildman–Crippen MR) is 169 cm³/mol. The van der Waals surface area contributed by atoms with Gasteiger partial charge in [-0.15, -0.1) is 0 Å². The summed E-state index contributed by atoms with van der Waals surface area (Å²) in [7, 11) is 1.32. The number of carbonyl (C=O) groups excluding carboxylic acids is 2. The molecule has 1 saturated heterocycles. The number of piperazine rings is 1. The Morgan fingerprint density at radius 3 is 2.59 bits per heavy atom. The fourth-order valence-electron chi connectivity index (χ4n) is 5.84. The Hall–Kier alpha value is -4.57. The number of nitrogens with zero attached hydrogens (tertiary/aromatic N) is 5. The van der Waals surface area contributed by atoms with Crippen LogP contribution in [-0.4, -0.2) is 64.1 Å². The van der Waals surface area contributed by atoms with Crippen LogP contribution in [0.3, 0.4) is 0 Å². The van der Waals surface area contributed by atoms with Crippen molar-refractivity contribution in [2.24, 2.45) is 0 Å². The number of amides is 1. The van der Waals surface area contributed by atoms with Crippen LogP contribution in [0.4, 0.5) is 10.2 Å². The number of aromatic nitrogens is 3. The monoisotopic (exact) mass is 617 g/mol. The number of carbonyl (C=O) groups is 2. The molecule has 0 bridgehead atoms. The van der Waals surface area contributed by atoms with Crippen LogP contribution in [0.2, 0.25) is 5.02 Å². The van der Waals surface area contributed by atoms with Crippen LogP contribution in [0, 0.1) is 12.7 Å². The summed E-state index contributed by atoms with van der Waals surface area (Å²) >= 11 is 6.78. The van der Waals surface area contributed by atoms with Crippen LogP contribution in [0.25, 0.3) is 28.0 Å². The van der Waals surface area contributed by atoms with Crippen molar-refractivity contribution < 1.29 is 18.7 Å². The molecule has 1 fully saturated rings. The van der Waals surface area contributed by atoms with Crippen LogP contribution in [0.5, 0.6) is 0 Å². The molecule has 1 aliphatic rings. The number of aryl methyl sites for hydroxylation is 2. The van der Waals surface area contributed by atoms with Crippen molar-refractivity contribution in [2.45, 2.75) is 39.7 Å². The molecule has 0 aliphatic carbocycles. The summed E-state index contributed by atoms with van der Waals surface area (Å²) < 4.78 is 21.4. The second-order valence-corrected chi connectivity index (χ2v) is 11.2. The smallest absolute Gasteiger partial charge is 0.355 e. The Morgan fingerprint density at radius 2 is 1.93 bits per heavy atom. The number of halogens is 2. The summed E-state index contributed by atoms with van der Waals surface area (Å²) in [5.41, 5.74) is 2.30. The maximum atomic E-state index is 15.0. The summed E-state index contributed by atoms with van der Waals surface area (Å²) in [6.45, 7) is 10.6. The molecular weight excluding hydrogens is 585 g/mol. The van der Waals surface area contributed by atoms with Gasteiger partial charge < -0.3 is 14.5 Å². The maximum absolute atomic E-state index is 15.0. The van der Waals surface area contributed by atoms with Gasteiger partial charge in [-0.3, -0.25) is 4.79 Å². The van der Waals surface area contributed by atoms with Crippen LogP contribution in [0.15, 0.2) is 59.9 Å². The van der Waals surface area contributed by atoms with Crippen molar-refractivity contribution in [1.82, 2.24) is 19.4 Å². The van der Waals surface area contributed by atoms with Crippen LogP contribution < -0.4 is 10.6 Å². The van der Waals surface area contributed by atoms with E-state index in [0.717, 1.165) is 12.0 Å². The quantitative estimate of drug-likeness (QED) is 0.199. The largest absolute Gasteiger partial charge is 0.465 e. The van der Waals surface area contributed by atoms with Crippen LogP contribution >= 0.6 is 11.6 Å². The Labute approximate surface area is 259 Å². The Morgan fingerprint density at radius 1 is 1.18 bits per heavy atom. The Balaban J connectivity index is 1.82. The van der Waals surface area contributed by atoms with E-state index in [9.17, 15) is 14.4 Å². The third-order valence-electron chi connectivity index (χ3n) is 7.86. The standard InChI is InChI=1S/C33H33ClFN5O4/c1-6-10-21-16-22(32(42)44-5)15-19(3)29(21)40-31-24(17-25(34)28(36-31)23-11-8-9-12-26(23)35)30(37-33(40)43)39-14-13-38(18-20(39)4)27(41)7-2/h7-9,11-12,15-17,20H,2,6,10,13-14,18H2,1,3-5H3/t20-/m0/s1. The molecule has 0 radical (unpaired) electrons. The lowest BCUT2D eigenvalue weighted by Gasteiger charge is -2.40. The van der Waals surface area contributed by atoms with E-state index in [-0.39, 0.29) is 33.9 Å². The van der Waals surface area contributed by atoms with E-state index in [4.69, 9.17) is 21.3 Å². The first-order valence-electron chi connectivity index (χ1n) is 14.4. The number of pyridine rings is 1. The molecule has 1 atom stereocenters. The van der Waals surface area contributed by atoms with Gasteiger partial charge in [-0.05, 0) is 67.8 Å². The minimum absolute atomic E-state index is 0.168. The van der Waals surface area contributed by atoms with Gasteiger partial charge in [-0.25, -0.2) is 23.5 Å². The van der Waals surface area contributed by atoms with E-state index in [0.29, 0.717) is 54.1 Å². The maximum Gasteiger partial charge on any atom is 0.355 e. The first kappa shape index (κ1) is 30.9. The highest BCUT2D eigenvalue weighted by Crippen LogP contribution is 2.36. The third-order valence-corrected chi connectivity index (χ3v) is 8.15. The summed E-state index contributed by atoms with van der Waals surface area (Å²) in [6.07, 6.45) is 2.58. The molecule has 9 nitrogen and oxygen atoms in total. The highest BCUT2D eigenvalue weighted by Gasteiger charge is 2.30. The number of ether oxygens (including phenoxy) is 1. The van der Waals surface area contributed by atoms with Gasteiger partial charge in [0.1, 0.15) is 11.6 Å². The second-order valence-electron chi connectivity index (χ2n) is 10.8. The Kier molecular flexibility index (Phi) is 8.82. The number of rotatable bonds is 7. The number of benzene rings is 2. The summed E-state index contributed by atoms with van der Waals surface area (Å²) in [6, 6.07) is 11.0. The van der Waals surface area contributed by atoms with E-state index in [1.807, 2.05) is 18.7 Å². The van der Waals surface area contributed by atoms with Crippen molar-refractivity contribution in [3.63, 3.8) is 0 Å². The van der Waals surface area contributed by atoms with Crippen LogP contribution in [-0.2, 0) is 16.0 Å². The van der Waals surface area contributed by atoms with Crippen molar-refractivity contribution in [3.8, 4) is 16.9 Å². The fraction of sp³-hybridized carbons (Fsp3) is 0.303. The minimum Gasteiger partial charge on any atom is -0.465 e. The highest BCUT2D eigenvalue weighted by atomic mass is 35.5. The minimum atomic E-state index is -0.593. The van der Waals surface area contributed by atoms with E-state index in [1.165, 1.54) is 23.8 Å². The molecule has 1 aliphatic heterocycles. The van der Waals surface area contributed by atoms with Gasteiger partial charge in [0, 0.05) is 31.2 Å². The lowest BCUT2D eigenvalue weighted by molar-refractivity contribution is -0.126. The van der Waals surface area contributed by atoms with Gasteiger partial charge >= 0.3 is 11.7 Å². The molecule has 3 heterocycles. The average molecular weight is 618 g/mol. The molecule has 0 N–H and O–H groups in total. The molecule has 0 spiro atoms. The highest BCUT2D eigenvalue weighted by molar-refractivity contribution is 6.33. The molecule has 4 aromatic rings. The van der Waals surface area contributed by atoms with Gasteiger partial charge in [-0.2, -0.15) is 4.98 Å². The average Bonchev–Trinajstić information content (AvgIpc) is 3.01. The van der Waals surface area contributed by atoms with E-state index in [1.54, 1.807) is 48.2 Å². The van der Waals surface area contributed by atoms with Crippen molar-refractivity contribution in [2.75, 3.05) is 31.6 Å². The molecule has 0 saturated carbocycles. The topological polar surface area (TPSA) is 97.6 Å². The summed E-state index contributed by atoms with van der Waals surface area (Å²) in [4.78, 5) is 51.9. The number of esters is 1. The van der Waals surface area contributed by atoms with Gasteiger partial charge in [-0.1, -0.05) is 43.7 Å². The van der Waals surface area contributed by atoms with Gasteiger partial charge in [0.05, 0.1) is 34.5 Å². The normalized spacial score (nSPS) is 15.0. The van der Waals surface area contributed by atoms with Gasteiger partial charge in [0.25, 0.3) is 0 Å². The second kappa shape index (κ2) is 12.6. The first-order chi connectivity index (χ1) is 21.1. The summed E-state index contributed by atoms with van der Waals surface area (Å²) in [5, 5.41) is 0.680. The zero-order chi connectivity index (χ0) is 31.7. The van der Waals surface area contributed by atoms with E-state index < -0.39 is 17.5 Å². The van der Waals surface area contributed by atoms with Crippen molar-refractivity contribution >= 4 is 40.3 Å². The number of hydrogen-bond donors (Lipinski definition) is 0. The molecule has 11 heteroatoms. The van der Waals surface area contributed by atoms with Gasteiger partial charge in [0.15, 0.2) is 5.65 Å². The zero-order valence-electron chi connectivity index (χ0n) is 25.1. The van der Waals surface area contributed by atoms with E-state index >= 15 is 4.39 Å². The lowest BCUT2D eigenvalue weighted by atomic mass is 9.99. The number of fused-ring (bicyclic) bond motifs is 1. The molecule has 2 aromatic carbocycles. The number of hydrogen-bond acceptors (Lipinski definition) is 7. The fourth-order valence-corrected chi connectivity index (χ4v) is 6.09. The molecular formula is C33H33ClFN5O4. The Bertz CT molecular complexity index is 1860. The zero-order valence-corrected chi connectivity index (χ0v) is 25.8. The number of anilines is 1. The molecule has 228 valence electrons. The predicted octanol–water partition coefficient (Wildman–Crippen LogP) is 5.51. The van der Waals surface area contributed by atoms with Gasteiger partial charge in [0.2, 0.25) is 5.91 Å². The molecule has 2 aromatic heterocycles. The molecule has 44 heavy (non-hydrogen) atoms. The summed E-state index contributed by atoms with van der Waals surface area (Å²) in [5.74, 6) is -0.794. The van der Waals surface area contributed by atoms with Crippen molar-refractivity contribution in [3.05, 3.63) is 93.1 Å². The lowest BCUT2D eigenvalue weighted by Crippen LogP contribution is -2.54. The van der Waals surface area contributed by atoms with E-state index in [2.05, 4.69) is 11.6 Å². The van der Waals surface area contributed by atoms with Crippen molar-refractivity contribution in [1.29, 1.82) is 0 Å². The molecule has 5 rings (SSSR count). The van der Waals surface area contributed by atoms with Crippen LogP contribution in [0.1, 0.15) is 41.8 Å². The first-order valence-corrected chi connectivity index (χ1v) is 14.8. The molecule has 0 unspecified atom stereocenters. The SMILES string of the molecule is C=CC(=O)N1CCN(c2nc(=O)n(-c3c(C)cc(C(=O)OC)cc3CCC)c3nc(-c4ccccc4F)c(Cl)cc23)[C@@H](C)C1. The number of methoxy groups -OCH3 is 1. The third kappa shape index (κ3) is 5.57.